The van der Waals surface area contributed by atoms with E-state index in [-0.39, 0.29) is 24.5 Å². The lowest BCUT2D eigenvalue weighted by Gasteiger charge is -2.42. The number of piperazine rings is 1. The Balaban J connectivity index is 1.32. The second-order valence-corrected chi connectivity index (χ2v) is 12.1. The third kappa shape index (κ3) is 6.02. The lowest BCUT2D eigenvalue weighted by Crippen LogP contribution is -2.55. The Morgan fingerprint density at radius 3 is 2.63 bits per heavy atom. The van der Waals surface area contributed by atoms with Crippen LogP contribution in [0, 0.1) is 11.3 Å². The van der Waals surface area contributed by atoms with Gasteiger partial charge in [0.15, 0.2) is 0 Å². The van der Waals surface area contributed by atoms with Crippen molar-refractivity contribution in [2.24, 2.45) is 0 Å². The summed E-state index contributed by atoms with van der Waals surface area (Å²) in [5.41, 5.74) is 3.33. The molecule has 3 aliphatic rings. The van der Waals surface area contributed by atoms with E-state index < -0.39 is 0 Å². The summed E-state index contributed by atoms with van der Waals surface area (Å²) in [6, 6.07) is 18.0. The van der Waals surface area contributed by atoms with Crippen molar-refractivity contribution in [2.45, 2.75) is 63.3 Å². The van der Waals surface area contributed by atoms with Gasteiger partial charge >= 0.3 is 6.01 Å². The molecule has 2 aliphatic heterocycles. The average molecular weight is 580 g/mol. The molecule has 0 spiro atoms. The first-order valence-corrected chi connectivity index (χ1v) is 15.5. The highest BCUT2D eigenvalue weighted by atomic mass is 16.5. The van der Waals surface area contributed by atoms with Crippen molar-refractivity contribution in [3.8, 4) is 12.1 Å². The molecule has 1 atom stereocenters. The van der Waals surface area contributed by atoms with E-state index in [0.717, 1.165) is 55.7 Å². The minimum absolute atomic E-state index is 0.0910. The fourth-order valence-electron chi connectivity index (χ4n) is 6.96. The molecule has 0 radical (unpaired) electrons. The molecule has 1 aliphatic carbocycles. The zero-order valence-electron chi connectivity index (χ0n) is 25.3. The Hall–Kier alpha value is -4.16. The van der Waals surface area contributed by atoms with Crippen LogP contribution in [0.1, 0.15) is 43.4 Å². The molecule has 3 aromatic rings. The molecule has 1 saturated carbocycles. The Labute approximate surface area is 254 Å². The predicted molar refractivity (Wildman–Crippen MR) is 169 cm³/mol. The second kappa shape index (κ2) is 12.6. The summed E-state index contributed by atoms with van der Waals surface area (Å²) in [7, 11) is 4.29. The summed E-state index contributed by atoms with van der Waals surface area (Å²) in [4.78, 5) is 31.4. The molecule has 2 aromatic carbocycles. The number of nitriles is 1. The maximum atomic E-state index is 12.6. The smallest absolute Gasteiger partial charge is 0.318 e. The van der Waals surface area contributed by atoms with Gasteiger partial charge in [0.05, 0.1) is 30.8 Å². The van der Waals surface area contributed by atoms with Crippen LogP contribution in [0.2, 0.25) is 0 Å². The quantitative estimate of drug-likeness (QED) is 0.377. The van der Waals surface area contributed by atoms with E-state index in [1.807, 2.05) is 0 Å². The highest BCUT2D eigenvalue weighted by molar-refractivity contribution is 5.94. The average Bonchev–Trinajstić information content (AvgIpc) is 3.04. The van der Waals surface area contributed by atoms with E-state index >= 15 is 0 Å². The van der Waals surface area contributed by atoms with Gasteiger partial charge in [-0.15, -0.1) is 0 Å². The zero-order valence-corrected chi connectivity index (χ0v) is 25.3. The first kappa shape index (κ1) is 28.9. The number of benzene rings is 2. The van der Waals surface area contributed by atoms with Gasteiger partial charge in [-0.25, -0.2) is 0 Å². The molecule has 2 fully saturated rings. The Morgan fingerprint density at radius 1 is 1.07 bits per heavy atom. The summed E-state index contributed by atoms with van der Waals surface area (Å²) in [6.07, 6.45) is 6.65. The van der Waals surface area contributed by atoms with Gasteiger partial charge in [-0.2, -0.15) is 15.2 Å². The second-order valence-electron chi connectivity index (χ2n) is 12.1. The van der Waals surface area contributed by atoms with Gasteiger partial charge in [-0.3, -0.25) is 4.79 Å². The van der Waals surface area contributed by atoms with Gasteiger partial charge in [0.25, 0.3) is 0 Å². The third-order valence-corrected chi connectivity index (χ3v) is 9.34. The number of carbonyl (C=O) groups is 1. The van der Waals surface area contributed by atoms with E-state index in [2.05, 4.69) is 83.9 Å². The summed E-state index contributed by atoms with van der Waals surface area (Å²) in [5, 5.41) is 12.0. The normalized spacial score (nSPS) is 22.3. The molecule has 1 unspecified atom stereocenters. The fraction of sp³-hybridized carbons (Fsp3) is 0.471. The summed E-state index contributed by atoms with van der Waals surface area (Å²) >= 11 is 0. The Bertz CT molecular complexity index is 1520. The molecular formula is C34H41N7O2. The van der Waals surface area contributed by atoms with Crippen LogP contribution in [0.5, 0.6) is 6.01 Å². The number of amides is 1. The van der Waals surface area contributed by atoms with Crippen LogP contribution in [0.4, 0.5) is 11.5 Å². The number of anilines is 2. The van der Waals surface area contributed by atoms with E-state index in [9.17, 15) is 10.1 Å². The zero-order chi connectivity index (χ0) is 29.9. The number of hydrogen-bond acceptors (Lipinski definition) is 8. The number of rotatable bonds is 7. The van der Waals surface area contributed by atoms with Gasteiger partial charge < -0.3 is 24.3 Å². The Morgan fingerprint density at radius 2 is 1.86 bits per heavy atom. The van der Waals surface area contributed by atoms with E-state index in [1.54, 1.807) is 4.90 Å². The summed E-state index contributed by atoms with van der Waals surface area (Å²) in [5.74, 6) is 0.751. The van der Waals surface area contributed by atoms with Crippen molar-refractivity contribution in [2.75, 3.05) is 50.1 Å². The molecule has 1 amide bonds. The molecule has 9 nitrogen and oxygen atoms in total. The van der Waals surface area contributed by atoms with Crippen LogP contribution in [-0.4, -0.2) is 84.1 Å². The van der Waals surface area contributed by atoms with E-state index in [4.69, 9.17) is 14.7 Å². The van der Waals surface area contributed by atoms with Crippen molar-refractivity contribution in [3.05, 3.63) is 66.4 Å². The van der Waals surface area contributed by atoms with Gasteiger partial charge in [0.2, 0.25) is 5.91 Å². The number of fused-ring (bicyclic) bond motifs is 2. The molecule has 9 heteroatoms. The largest absolute Gasteiger partial charge is 0.460 e. The monoisotopic (exact) mass is 579 g/mol. The number of nitrogens with zero attached hydrogens (tertiary/aromatic N) is 7. The number of hydrogen-bond donors (Lipinski definition) is 0. The van der Waals surface area contributed by atoms with Crippen LogP contribution >= 0.6 is 0 Å². The van der Waals surface area contributed by atoms with Crippen molar-refractivity contribution in [3.63, 3.8) is 0 Å². The Kier molecular flexibility index (Phi) is 8.48. The van der Waals surface area contributed by atoms with Gasteiger partial charge in [0.1, 0.15) is 11.9 Å². The SMILES string of the molecule is C=CC(=O)N1CCN(c2nc(O[C@H]3CC[C@H](N(C)C)CC3)nc3c2CCN(c2cccc4ccccc24)C3)CC1CC#N. The van der Waals surface area contributed by atoms with Crippen molar-refractivity contribution in [1.29, 1.82) is 5.26 Å². The summed E-state index contributed by atoms with van der Waals surface area (Å²) < 4.78 is 6.53. The maximum Gasteiger partial charge on any atom is 0.318 e. The van der Waals surface area contributed by atoms with Gasteiger partial charge in [0, 0.05) is 48.9 Å². The van der Waals surface area contributed by atoms with Crippen LogP contribution in [0.3, 0.4) is 0 Å². The van der Waals surface area contributed by atoms with Crippen molar-refractivity contribution < 1.29 is 9.53 Å². The molecule has 1 aromatic heterocycles. The topological polar surface area (TPSA) is 88.8 Å². The first-order chi connectivity index (χ1) is 20.9. The highest BCUT2D eigenvalue weighted by Crippen LogP contribution is 2.35. The molecule has 0 N–H and O–H groups in total. The van der Waals surface area contributed by atoms with Crippen LogP contribution in [0.25, 0.3) is 10.8 Å². The van der Waals surface area contributed by atoms with E-state index in [0.29, 0.717) is 38.2 Å². The minimum atomic E-state index is -0.226. The molecular weight excluding hydrogens is 538 g/mol. The van der Waals surface area contributed by atoms with Gasteiger partial charge in [-0.05, 0) is 63.7 Å². The number of aromatic nitrogens is 2. The predicted octanol–water partition coefficient (Wildman–Crippen LogP) is 4.56. The van der Waals surface area contributed by atoms with Crippen molar-refractivity contribution >= 4 is 28.2 Å². The van der Waals surface area contributed by atoms with Gasteiger partial charge in [-0.1, -0.05) is 43.0 Å². The highest BCUT2D eigenvalue weighted by Gasteiger charge is 2.34. The number of carbonyl (C=O) groups excluding carboxylic acids is 1. The van der Waals surface area contributed by atoms with Crippen LogP contribution < -0.4 is 14.5 Å². The molecule has 6 rings (SSSR count). The molecule has 43 heavy (non-hydrogen) atoms. The molecule has 1 saturated heterocycles. The minimum Gasteiger partial charge on any atom is -0.460 e. The van der Waals surface area contributed by atoms with E-state index in [1.165, 1.54) is 22.5 Å². The van der Waals surface area contributed by atoms with Crippen molar-refractivity contribution in [1.82, 2.24) is 19.8 Å². The fourth-order valence-corrected chi connectivity index (χ4v) is 6.96. The van der Waals surface area contributed by atoms with Crippen LogP contribution in [-0.2, 0) is 17.8 Å². The lowest BCUT2D eigenvalue weighted by atomic mass is 9.92. The standard InChI is InChI=1S/C34H41N7O2/c1-4-32(42)41-21-20-40(22-26(41)16-18-35)33-29-17-19-39(31-11-7-9-24-8-5-6-10-28(24)31)23-30(29)36-34(37-33)43-27-14-12-25(13-15-27)38(2)3/h4-11,25-27H,1,12-17,19-23H2,2-3H3/t25-,26?,27-. The molecule has 224 valence electrons. The number of ether oxygens (including phenoxy) is 1. The first-order valence-electron chi connectivity index (χ1n) is 15.5. The maximum absolute atomic E-state index is 12.6. The summed E-state index contributed by atoms with van der Waals surface area (Å²) in [6.45, 7) is 6.87. The molecule has 0 bridgehead atoms. The molecule has 3 heterocycles. The van der Waals surface area contributed by atoms with Crippen LogP contribution in [0.15, 0.2) is 55.1 Å². The third-order valence-electron chi connectivity index (χ3n) is 9.34. The lowest BCUT2D eigenvalue weighted by molar-refractivity contribution is -0.128.